The van der Waals surface area contributed by atoms with Crippen LogP contribution in [0.15, 0.2) is 0 Å². The highest BCUT2D eigenvalue weighted by Gasteiger charge is 2.28. The maximum absolute atomic E-state index is 3.76. The molecule has 0 aromatic carbocycles. The topological polar surface area (TPSA) is 15.0 Å². The summed E-state index contributed by atoms with van der Waals surface area (Å²) in [7, 11) is 0. The molecule has 0 radical (unpaired) electrons. The van der Waals surface area contributed by atoms with Crippen LogP contribution < -0.4 is 5.32 Å². The number of nitrogens with zero attached hydrogens (tertiary/aromatic N) is 1. The molecule has 0 aromatic heterocycles. The van der Waals surface area contributed by atoms with Crippen LogP contribution in [0.5, 0.6) is 0 Å². The monoisotopic (exact) mass is 405 g/mol. The lowest BCUT2D eigenvalue weighted by Crippen LogP contribution is -2.44. The van der Waals surface area contributed by atoms with Gasteiger partial charge in [0.15, 0.2) is 0 Å². The highest BCUT2D eigenvalue weighted by molar-refractivity contribution is 5.80. The van der Waals surface area contributed by atoms with E-state index in [9.17, 15) is 0 Å². The Bertz CT molecular complexity index is 415. The van der Waals surface area contributed by atoms with Crippen molar-refractivity contribution < 1.29 is 4.58 Å². The van der Waals surface area contributed by atoms with Crippen LogP contribution in [0.1, 0.15) is 142 Å². The van der Waals surface area contributed by atoms with E-state index in [1.54, 1.807) is 5.84 Å². The smallest absolute Gasteiger partial charge is 0.247 e. The van der Waals surface area contributed by atoms with Crippen molar-refractivity contribution in [1.29, 1.82) is 0 Å². The number of unbranched alkanes of at least 4 members (excludes halogenated alkanes) is 15. The van der Waals surface area contributed by atoms with Crippen LogP contribution in [0, 0.1) is 5.92 Å². The third kappa shape index (κ3) is 11.4. The third-order valence-corrected chi connectivity index (χ3v) is 7.28. The van der Waals surface area contributed by atoms with Gasteiger partial charge in [-0.15, -0.1) is 0 Å². The summed E-state index contributed by atoms with van der Waals surface area (Å²) in [6, 6.07) is 0. The van der Waals surface area contributed by atoms with Crippen LogP contribution in [0.25, 0.3) is 0 Å². The summed E-state index contributed by atoms with van der Waals surface area (Å²) in [6.07, 6.45) is 30.5. The summed E-state index contributed by atoms with van der Waals surface area (Å²) < 4.78 is 2.67. The van der Waals surface area contributed by atoms with E-state index < -0.39 is 0 Å². The van der Waals surface area contributed by atoms with E-state index in [0.29, 0.717) is 0 Å². The zero-order valence-electron chi connectivity index (χ0n) is 20.0. The normalized spacial score (nSPS) is 19.7. The summed E-state index contributed by atoms with van der Waals surface area (Å²) in [4.78, 5) is 0. The Kier molecular flexibility index (Phi) is 14.7. The Hall–Kier alpha value is -0.530. The van der Waals surface area contributed by atoms with Crippen molar-refractivity contribution in [2.45, 2.75) is 142 Å². The van der Waals surface area contributed by atoms with Gasteiger partial charge in [0.05, 0.1) is 25.6 Å². The van der Waals surface area contributed by atoms with Gasteiger partial charge in [0.25, 0.3) is 0 Å². The predicted molar refractivity (Wildman–Crippen MR) is 129 cm³/mol. The van der Waals surface area contributed by atoms with E-state index >= 15 is 0 Å². The fourth-order valence-electron chi connectivity index (χ4n) is 5.40. The Morgan fingerprint density at radius 3 is 1.76 bits per heavy atom. The first-order valence-electron chi connectivity index (χ1n) is 13.8. The second kappa shape index (κ2) is 17.2. The number of hydrogen-bond donors (Lipinski definition) is 1. The van der Waals surface area contributed by atoms with Gasteiger partial charge in [-0.1, -0.05) is 110 Å². The molecule has 1 N–H and O–H groups in total. The molecule has 2 aliphatic heterocycles. The highest BCUT2D eigenvalue weighted by atomic mass is 15.1. The average Bonchev–Trinajstić information content (AvgIpc) is 2.96. The molecule has 0 bridgehead atoms. The van der Waals surface area contributed by atoms with E-state index in [0.717, 1.165) is 5.92 Å². The van der Waals surface area contributed by atoms with Gasteiger partial charge in [0.2, 0.25) is 5.84 Å². The quantitative estimate of drug-likeness (QED) is 0.192. The van der Waals surface area contributed by atoms with Crippen LogP contribution in [0.2, 0.25) is 0 Å². The van der Waals surface area contributed by atoms with Gasteiger partial charge in [0, 0.05) is 6.42 Å². The van der Waals surface area contributed by atoms with Crippen molar-refractivity contribution in [1.82, 2.24) is 5.32 Å². The summed E-state index contributed by atoms with van der Waals surface area (Å²) in [5, 5.41) is 3.76. The predicted octanol–water partition coefficient (Wildman–Crippen LogP) is 7.84. The van der Waals surface area contributed by atoms with Crippen molar-refractivity contribution in [3.63, 3.8) is 0 Å². The lowest BCUT2D eigenvalue weighted by molar-refractivity contribution is -0.535. The van der Waals surface area contributed by atoms with E-state index in [1.807, 2.05) is 0 Å². The van der Waals surface area contributed by atoms with E-state index in [4.69, 9.17) is 0 Å². The second-order valence-corrected chi connectivity index (χ2v) is 9.94. The van der Waals surface area contributed by atoms with Crippen molar-refractivity contribution in [3.05, 3.63) is 0 Å². The van der Waals surface area contributed by atoms with Gasteiger partial charge in [-0.3, -0.25) is 9.89 Å². The van der Waals surface area contributed by atoms with Crippen LogP contribution >= 0.6 is 0 Å². The summed E-state index contributed by atoms with van der Waals surface area (Å²) in [6.45, 7) is 6.12. The largest absolute Gasteiger partial charge is 0.278 e. The Morgan fingerprint density at radius 1 is 0.655 bits per heavy atom. The molecular formula is C27H53N2+. The number of hydrogen-bond acceptors (Lipinski definition) is 1. The number of nitrogens with one attached hydrogen (secondary N) is 1. The molecule has 2 aliphatic rings. The van der Waals surface area contributed by atoms with Gasteiger partial charge in [-0.25, -0.2) is 0 Å². The first-order chi connectivity index (χ1) is 14.4. The first kappa shape index (κ1) is 24.7. The number of rotatable bonds is 17. The van der Waals surface area contributed by atoms with Crippen LogP contribution in [0.3, 0.4) is 0 Å². The zero-order valence-corrected chi connectivity index (χ0v) is 20.0. The van der Waals surface area contributed by atoms with Crippen LogP contribution in [-0.4, -0.2) is 30.0 Å². The molecule has 2 heteroatoms. The summed E-state index contributed by atoms with van der Waals surface area (Å²) in [5.74, 6) is 2.46. The molecule has 2 rings (SSSR count). The molecule has 1 unspecified atom stereocenters. The molecule has 0 aliphatic carbocycles. The molecule has 0 amide bonds. The van der Waals surface area contributed by atoms with Crippen molar-refractivity contribution >= 4 is 5.84 Å². The zero-order chi connectivity index (χ0) is 20.4. The standard InChI is InChI=1S/C27H52N2/c1-2-3-4-5-6-7-8-9-10-11-12-13-14-15-16-17-21-26-22-18-19-24-29-25-20-23-28-27(26)29/h26H,2-25H2,1H3/p+1. The molecule has 0 spiro atoms. The van der Waals surface area contributed by atoms with E-state index in [2.05, 4.69) is 16.8 Å². The lowest BCUT2D eigenvalue weighted by Gasteiger charge is -2.21. The van der Waals surface area contributed by atoms with Gasteiger partial charge in [-0.2, -0.15) is 0 Å². The van der Waals surface area contributed by atoms with Crippen LogP contribution in [0.4, 0.5) is 0 Å². The minimum Gasteiger partial charge on any atom is -0.278 e. The third-order valence-electron chi connectivity index (χ3n) is 7.28. The molecular weight excluding hydrogens is 352 g/mol. The molecule has 2 nitrogen and oxygen atoms in total. The Morgan fingerprint density at radius 2 is 1.17 bits per heavy atom. The van der Waals surface area contributed by atoms with E-state index in [1.165, 1.54) is 154 Å². The van der Waals surface area contributed by atoms with Crippen molar-refractivity contribution in [2.75, 3.05) is 19.6 Å². The van der Waals surface area contributed by atoms with Crippen LogP contribution in [-0.2, 0) is 0 Å². The fraction of sp³-hybridized carbons (Fsp3) is 0.963. The van der Waals surface area contributed by atoms with Gasteiger partial charge in [-0.05, 0) is 25.7 Å². The Labute approximate surface area is 183 Å². The molecule has 0 saturated carbocycles. The summed E-state index contributed by atoms with van der Waals surface area (Å²) in [5.41, 5.74) is 0. The van der Waals surface area contributed by atoms with Gasteiger partial charge < -0.3 is 0 Å². The maximum Gasteiger partial charge on any atom is 0.247 e. The SMILES string of the molecule is CCCCCCCCCCCCCCCCCCC1CCCC[N+]2=C1NCCC2. The van der Waals surface area contributed by atoms with Gasteiger partial charge >= 0.3 is 0 Å². The minimum absolute atomic E-state index is 0.837. The van der Waals surface area contributed by atoms with E-state index in [-0.39, 0.29) is 0 Å². The molecule has 1 atom stereocenters. The maximum atomic E-state index is 3.76. The fourth-order valence-corrected chi connectivity index (χ4v) is 5.40. The average molecular weight is 406 g/mol. The molecule has 0 fully saturated rings. The minimum atomic E-state index is 0.837. The summed E-state index contributed by atoms with van der Waals surface area (Å²) >= 11 is 0. The molecule has 2 heterocycles. The first-order valence-corrected chi connectivity index (χ1v) is 13.8. The van der Waals surface area contributed by atoms with Crippen molar-refractivity contribution in [2.24, 2.45) is 5.92 Å². The van der Waals surface area contributed by atoms with Crippen molar-refractivity contribution in [3.8, 4) is 0 Å². The lowest BCUT2D eigenvalue weighted by atomic mass is 9.94. The molecule has 0 aromatic rings. The second-order valence-electron chi connectivity index (χ2n) is 9.94. The highest BCUT2D eigenvalue weighted by Crippen LogP contribution is 2.22. The molecule has 29 heavy (non-hydrogen) atoms. The Balaban J connectivity index is 1.36. The molecule has 0 saturated heterocycles. The van der Waals surface area contributed by atoms with Gasteiger partial charge in [0.1, 0.15) is 0 Å². The number of amidine groups is 1. The molecule has 170 valence electrons.